The van der Waals surface area contributed by atoms with Crippen LogP contribution in [0.2, 0.25) is 0 Å². The second kappa shape index (κ2) is 7.64. The topological polar surface area (TPSA) is 62.3 Å². The van der Waals surface area contributed by atoms with Crippen LogP contribution in [0.4, 0.5) is 4.79 Å². The van der Waals surface area contributed by atoms with E-state index in [1.165, 1.54) is 11.3 Å². The highest BCUT2D eigenvalue weighted by Crippen LogP contribution is 2.32. The standard InChI is InChI=1S/C18H27N3O2S/c1-2-3-9-15-19-14(13-24-15)12-21-16(22)18(20-17(21)23)10-7-5-4-6-8-11-18/h13H,2-12H2,1H3,(H,20,23). The Morgan fingerprint density at radius 3 is 2.62 bits per heavy atom. The van der Waals surface area contributed by atoms with Crippen LogP contribution in [0.5, 0.6) is 0 Å². The number of nitrogens with one attached hydrogen (secondary N) is 1. The number of thiazole rings is 1. The van der Waals surface area contributed by atoms with Crippen molar-refractivity contribution >= 4 is 23.3 Å². The lowest BCUT2D eigenvalue weighted by atomic mass is 9.84. The van der Waals surface area contributed by atoms with Crippen LogP contribution in [0.1, 0.15) is 75.4 Å². The van der Waals surface area contributed by atoms with Gasteiger partial charge in [0.2, 0.25) is 0 Å². The molecule has 1 aliphatic carbocycles. The molecular weight excluding hydrogens is 322 g/mol. The van der Waals surface area contributed by atoms with Gasteiger partial charge in [0.25, 0.3) is 5.91 Å². The van der Waals surface area contributed by atoms with Crippen molar-refractivity contribution in [2.75, 3.05) is 0 Å². The van der Waals surface area contributed by atoms with Crippen LogP contribution in [0.15, 0.2) is 5.38 Å². The van der Waals surface area contributed by atoms with Crippen molar-refractivity contribution in [1.82, 2.24) is 15.2 Å². The quantitative estimate of drug-likeness (QED) is 0.817. The van der Waals surface area contributed by atoms with Crippen molar-refractivity contribution < 1.29 is 9.59 Å². The van der Waals surface area contributed by atoms with Crippen LogP contribution in [-0.4, -0.2) is 27.4 Å². The number of nitrogens with zero attached hydrogens (tertiary/aromatic N) is 2. The lowest BCUT2D eigenvalue weighted by molar-refractivity contribution is -0.132. The highest BCUT2D eigenvalue weighted by atomic mass is 32.1. The second-order valence-electron chi connectivity index (χ2n) is 7.01. The fourth-order valence-electron chi connectivity index (χ4n) is 3.69. The molecule has 2 aliphatic rings. The normalized spacial score (nSPS) is 21.0. The zero-order valence-corrected chi connectivity index (χ0v) is 15.3. The number of unbranched alkanes of at least 4 members (excludes halogenated alkanes) is 1. The second-order valence-corrected chi connectivity index (χ2v) is 7.95. The van der Waals surface area contributed by atoms with Crippen LogP contribution in [-0.2, 0) is 17.8 Å². The highest BCUT2D eigenvalue weighted by molar-refractivity contribution is 7.09. The zero-order valence-electron chi connectivity index (χ0n) is 14.5. The molecule has 132 valence electrons. The Morgan fingerprint density at radius 2 is 1.92 bits per heavy atom. The van der Waals surface area contributed by atoms with E-state index in [0.29, 0.717) is 6.54 Å². The van der Waals surface area contributed by atoms with Gasteiger partial charge in [-0.1, -0.05) is 45.4 Å². The maximum Gasteiger partial charge on any atom is 0.325 e. The van der Waals surface area contributed by atoms with Gasteiger partial charge in [-0.3, -0.25) is 9.69 Å². The predicted molar refractivity (Wildman–Crippen MR) is 94.9 cm³/mol. The number of amides is 3. The smallest absolute Gasteiger partial charge is 0.323 e. The molecule has 24 heavy (non-hydrogen) atoms. The Kier molecular flexibility index (Phi) is 5.54. The molecule has 0 aromatic carbocycles. The van der Waals surface area contributed by atoms with E-state index in [-0.39, 0.29) is 11.9 Å². The van der Waals surface area contributed by atoms with Crippen molar-refractivity contribution in [2.24, 2.45) is 0 Å². The number of carbonyl (C=O) groups is 2. The Labute approximate surface area is 147 Å². The van der Waals surface area contributed by atoms with Crippen molar-refractivity contribution in [3.8, 4) is 0 Å². The molecule has 5 nitrogen and oxygen atoms in total. The predicted octanol–water partition coefficient (Wildman–Crippen LogP) is 4.02. The molecule has 6 heteroatoms. The van der Waals surface area contributed by atoms with Gasteiger partial charge in [0, 0.05) is 5.38 Å². The van der Waals surface area contributed by atoms with E-state index in [9.17, 15) is 9.59 Å². The number of imide groups is 1. The fraction of sp³-hybridized carbons (Fsp3) is 0.722. The molecule has 0 unspecified atom stereocenters. The van der Waals surface area contributed by atoms with Gasteiger partial charge in [0.05, 0.1) is 17.2 Å². The average molecular weight is 350 g/mol. The summed E-state index contributed by atoms with van der Waals surface area (Å²) in [4.78, 5) is 31.3. The number of hydrogen-bond donors (Lipinski definition) is 1. The minimum atomic E-state index is -0.654. The van der Waals surface area contributed by atoms with E-state index in [2.05, 4.69) is 17.2 Å². The summed E-state index contributed by atoms with van der Waals surface area (Å²) in [7, 11) is 0. The molecule has 1 spiro atoms. The summed E-state index contributed by atoms with van der Waals surface area (Å²) in [6.07, 6.45) is 10.3. The zero-order chi connectivity index (χ0) is 17.0. The minimum Gasteiger partial charge on any atom is -0.323 e. The third-order valence-electron chi connectivity index (χ3n) is 5.12. The first-order valence-corrected chi connectivity index (χ1v) is 10.1. The summed E-state index contributed by atoms with van der Waals surface area (Å²) in [6, 6.07) is -0.247. The number of carbonyl (C=O) groups excluding carboxylic acids is 2. The van der Waals surface area contributed by atoms with Crippen LogP contribution in [0.25, 0.3) is 0 Å². The minimum absolute atomic E-state index is 0.0440. The molecule has 1 aromatic rings. The summed E-state index contributed by atoms with van der Waals surface area (Å²) < 4.78 is 0. The summed E-state index contributed by atoms with van der Waals surface area (Å²) >= 11 is 1.63. The summed E-state index contributed by atoms with van der Waals surface area (Å²) in [5, 5.41) is 6.09. The molecule has 1 N–H and O–H groups in total. The van der Waals surface area contributed by atoms with Gasteiger partial charge in [-0.2, -0.15) is 0 Å². The van der Waals surface area contributed by atoms with E-state index in [0.717, 1.165) is 68.5 Å². The summed E-state index contributed by atoms with van der Waals surface area (Å²) in [5.74, 6) is -0.0440. The van der Waals surface area contributed by atoms with Gasteiger partial charge >= 0.3 is 6.03 Å². The third-order valence-corrected chi connectivity index (χ3v) is 6.07. The number of hydrogen-bond acceptors (Lipinski definition) is 4. The maximum absolute atomic E-state index is 13.0. The Balaban J connectivity index is 1.68. The maximum atomic E-state index is 13.0. The lowest BCUT2D eigenvalue weighted by Crippen LogP contribution is -2.47. The number of aryl methyl sites for hydroxylation is 1. The SMILES string of the molecule is CCCCc1nc(CN2C(=O)NC3(CCCCCCC3)C2=O)cs1. The fourth-order valence-corrected chi connectivity index (χ4v) is 4.53. The van der Waals surface area contributed by atoms with Gasteiger partial charge in [0.15, 0.2) is 0 Å². The molecule has 3 amide bonds. The first-order valence-electron chi connectivity index (χ1n) is 9.22. The number of aromatic nitrogens is 1. The van der Waals surface area contributed by atoms with Crippen molar-refractivity contribution in [3.05, 3.63) is 16.1 Å². The molecule has 1 saturated heterocycles. The average Bonchev–Trinajstić information content (AvgIpc) is 3.08. The monoisotopic (exact) mass is 349 g/mol. The summed E-state index contributed by atoms with van der Waals surface area (Å²) in [6.45, 7) is 2.46. The van der Waals surface area contributed by atoms with E-state index >= 15 is 0 Å². The molecule has 1 aliphatic heterocycles. The molecule has 3 rings (SSSR count). The van der Waals surface area contributed by atoms with Gasteiger partial charge in [0.1, 0.15) is 5.54 Å². The Hall–Kier alpha value is -1.43. The van der Waals surface area contributed by atoms with Crippen molar-refractivity contribution in [3.63, 3.8) is 0 Å². The van der Waals surface area contributed by atoms with Gasteiger partial charge in [-0.25, -0.2) is 9.78 Å². The van der Waals surface area contributed by atoms with Crippen LogP contribution in [0.3, 0.4) is 0 Å². The van der Waals surface area contributed by atoms with Crippen molar-refractivity contribution in [1.29, 1.82) is 0 Å². The van der Waals surface area contributed by atoms with Crippen LogP contribution < -0.4 is 5.32 Å². The number of rotatable bonds is 5. The van der Waals surface area contributed by atoms with E-state index in [1.54, 1.807) is 11.3 Å². The lowest BCUT2D eigenvalue weighted by Gasteiger charge is -2.28. The first-order chi connectivity index (χ1) is 11.6. The van der Waals surface area contributed by atoms with E-state index in [1.807, 2.05) is 5.38 Å². The molecule has 1 saturated carbocycles. The molecule has 0 atom stereocenters. The summed E-state index contributed by atoms with van der Waals surface area (Å²) in [5.41, 5.74) is 0.177. The van der Waals surface area contributed by atoms with Crippen LogP contribution in [0, 0.1) is 0 Å². The third kappa shape index (κ3) is 3.63. The largest absolute Gasteiger partial charge is 0.325 e. The van der Waals surface area contributed by atoms with Crippen LogP contribution >= 0.6 is 11.3 Å². The first kappa shape index (κ1) is 17.4. The molecule has 2 heterocycles. The Morgan fingerprint density at radius 1 is 1.21 bits per heavy atom. The van der Waals surface area contributed by atoms with E-state index in [4.69, 9.17) is 0 Å². The molecular formula is C18H27N3O2S. The molecule has 0 radical (unpaired) electrons. The van der Waals surface area contributed by atoms with Gasteiger partial charge in [-0.05, 0) is 25.7 Å². The molecule has 2 fully saturated rings. The molecule has 0 bridgehead atoms. The Bertz CT molecular complexity index is 591. The highest BCUT2D eigenvalue weighted by Gasteiger charge is 2.50. The van der Waals surface area contributed by atoms with Gasteiger partial charge in [-0.15, -0.1) is 11.3 Å². The van der Waals surface area contributed by atoms with Gasteiger partial charge < -0.3 is 5.32 Å². The van der Waals surface area contributed by atoms with Crippen molar-refractivity contribution in [2.45, 2.75) is 83.2 Å². The number of urea groups is 1. The molecule has 1 aromatic heterocycles. The van der Waals surface area contributed by atoms with E-state index < -0.39 is 5.54 Å².